The second kappa shape index (κ2) is 10.3. The molecule has 178 valence electrons. The fourth-order valence-electron chi connectivity index (χ4n) is 3.44. The third kappa shape index (κ3) is 5.89. The third-order valence-corrected chi connectivity index (χ3v) is 5.02. The highest BCUT2D eigenvalue weighted by Crippen LogP contribution is 2.19. The molecule has 2 heterocycles. The minimum atomic E-state index is -0.305. The molecule has 3 rings (SSSR count). The number of rotatable bonds is 6. The van der Waals surface area contributed by atoms with Gasteiger partial charge in [0.1, 0.15) is 24.8 Å². The van der Waals surface area contributed by atoms with Crippen LogP contribution < -0.4 is 15.9 Å². The normalized spacial score (nSPS) is 20.2. The van der Waals surface area contributed by atoms with E-state index in [4.69, 9.17) is 9.47 Å². The van der Waals surface area contributed by atoms with Crippen molar-refractivity contribution in [1.82, 2.24) is 4.98 Å². The second-order valence-electron chi connectivity index (χ2n) is 8.02. The number of likely N-dealkylation sites (N-methyl/N-ethyl adjacent to an activating group) is 1. The van der Waals surface area contributed by atoms with Gasteiger partial charge in [-0.1, -0.05) is 18.7 Å². The predicted molar refractivity (Wildman–Crippen MR) is 138 cm³/mol. The quantitative estimate of drug-likeness (QED) is 0.264. The lowest BCUT2D eigenvalue weighted by atomic mass is 10.2. The molecule has 0 amide bonds. The topological polar surface area (TPSA) is 104 Å². The van der Waals surface area contributed by atoms with Gasteiger partial charge in [-0.15, -0.1) is 0 Å². The second-order valence-corrected chi connectivity index (χ2v) is 8.02. The monoisotopic (exact) mass is 463 g/mol. The number of H-pyrrole nitrogens is 1. The minimum absolute atomic E-state index is 0.278. The van der Waals surface area contributed by atoms with Gasteiger partial charge in [-0.3, -0.25) is 0 Å². The number of aromatic amines is 1. The van der Waals surface area contributed by atoms with Crippen LogP contribution in [0.1, 0.15) is 20.8 Å². The van der Waals surface area contributed by atoms with Crippen LogP contribution in [0.3, 0.4) is 0 Å². The summed E-state index contributed by atoms with van der Waals surface area (Å²) in [6, 6.07) is 5.89. The molecule has 0 saturated carbocycles. The van der Waals surface area contributed by atoms with Crippen molar-refractivity contribution in [2.24, 2.45) is 15.0 Å². The largest absolute Gasteiger partial charge is 0.441 e. The van der Waals surface area contributed by atoms with E-state index in [0.717, 1.165) is 16.6 Å². The maximum Gasteiger partial charge on any atom is 0.231 e. The number of quaternary nitrogens is 1. The van der Waals surface area contributed by atoms with E-state index >= 15 is 0 Å². The first kappa shape index (κ1) is 24.7. The van der Waals surface area contributed by atoms with E-state index in [9.17, 15) is 5.21 Å². The number of amidine groups is 1. The molecular formula is C25H31N6O3+. The van der Waals surface area contributed by atoms with Crippen LogP contribution in [0.2, 0.25) is 0 Å². The van der Waals surface area contributed by atoms with E-state index in [0.29, 0.717) is 39.7 Å². The van der Waals surface area contributed by atoms with Crippen LogP contribution >= 0.6 is 0 Å². The first-order valence-corrected chi connectivity index (χ1v) is 10.7. The smallest absolute Gasteiger partial charge is 0.231 e. The average Bonchev–Trinajstić information content (AvgIpc) is 3.11. The number of hydroxylamine groups is 3. The van der Waals surface area contributed by atoms with Gasteiger partial charge in [0, 0.05) is 24.7 Å². The number of aromatic nitrogens is 1. The van der Waals surface area contributed by atoms with Gasteiger partial charge in [0.05, 0.1) is 22.6 Å². The van der Waals surface area contributed by atoms with E-state index in [1.54, 1.807) is 52.4 Å². The highest BCUT2D eigenvalue weighted by atomic mass is 16.6. The highest BCUT2D eigenvalue weighted by Gasteiger charge is 2.22. The average molecular weight is 464 g/mol. The lowest BCUT2D eigenvalue weighted by molar-refractivity contribution is -1.04. The van der Waals surface area contributed by atoms with Crippen molar-refractivity contribution in [2.75, 3.05) is 26.0 Å². The Labute approximate surface area is 198 Å². The molecule has 1 atom stereocenters. The number of hydrogen-bond acceptors (Lipinski definition) is 6. The Hall–Kier alpha value is -3.95. The molecule has 1 unspecified atom stereocenters. The van der Waals surface area contributed by atoms with Crippen molar-refractivity contribution in [3.05, 3.63) is 64.8 Å². The summed E-state index contributed by atoms with van der Waals surface area (Å²) in [5.41, 5.74) is 1.81. The van der Waals surface area contributed by atoms with Gasteiger partial charge in [-0.25, -0.2) is 15.2 Å². The van der Waals surface area contributed by atoms with Gasteiger partial charge in [0.25, 0.3) is 0 Å². The first-order valence-electron chi connectivity index (χ1n) is 10.7. The number of nitrogens with one attached hydrogen (secondary N) is 2. The number of fused-ring (bicyclic) bond motifs is 1. The van der Waals surface area contributed by atoms with Crippen LogP contribution in [-0.2, 0) is 9.47 Å². The Kier molecular flexibility index (Phi) is 7.50. The van der Waals surface area contributed by atoms with Gasteiger partial charge in [0.15, 0.2) is 18.2 Å². The Morgan fingerprint density at radius 1 is 1.29 bits per heavy atom. The van der Waals surface area contributed by atoms with Crippen molar-refractivity contribution >= 4 is 47.5 Å². The number of para-hydroxylation sites is 1. The summed E-state index contributed by atoms with van der Waals surface area (Å²) in [5, 5.41) is 15.7. The molecule has 0 fully saturated rings. The number of hydrogen-bond donors (Lipinski definition) is 3. The number of allylic oxidation sites excluding steroid dienone is 3. The van der Waals surface area contributed by atoms with Crippen LogP contribution in [-0.4, -0.2) is 53.9 Å². The van der Waals surface area contributed by atoms with Crippen LogP contribution in [0, 0.1) is 0 Å². The van der Waals surface area contributed by atoms with Crippen LogP contribution in [0.4, 0.5) is 5.69 Å². The summed E-state index contributed by atoms with van der Waals surface area (Å²) in [6.45, 7) is 13.1. The third-order valence-electron chi connectivity index (χ3n) is 5.02. The summed E-state index contributed by atoms with van der Waals surface area (Å²) in [5.74, 6) is 2.22. The van der Waals surface area contributed by atoms with Crippen LogP contribution in [0.5, 0.6) is 0 Å². The van der Waals surface area contributed by atoms with Crippen molar-refractivity contribution in [3.8, 4) is 0 Å². The highest BCUT2D eigenvalue weighted by molar-refractivity contribution is 5.92. The molecule has 0 bridgehead atoms. The summed E-state index contributed by atoms with van der Waals surface area (Å²) in [4.78, 5) is 15.9. The van der Waals surface area contributed by atoms with E-state index in [1.165, 1.54) is 0 Å². The molecule has 1 aliphatic rings. The fourth-order valence-corrected chi connectivity index (χ4v) is 3.44. The molecule has 1 aromatic heterocycles. The first-order chi connectivity index (χ1) is 16.1. The summed E-state index contributed by atoms with van der Waals surface area (Å²) in [7, 11) is 3.52. The van der Waals surface area contributed by atoms with Crippen LogP contribution in [0.25, 0.3) is 23.4 Å². The zero-order chi connectivity index (χ0) is 24.9. The van der Waals surface area contributed by atoms with Gasteiger partial charge >= 0.3 is 0 Å². The van der Waals surface area contributed by atoms with Crippen molar-refractivity contribution in [1.29, 1.82) is 0 Å². The number of ether oxygens (including phenoxy) is 2. The van der Waals surface area contributed by atoms with Gasteiger partial charge in [0.2, 0.25) is 5.88 Å². The summed E-state index contributed by atoms with van der Waals surface area (Å²) < 4.78 is 11.7. The lowest BCUT2D eigenvalue weighted by Crippen LogP contribution is -2.38. The molecule has 2 aromatic rings. The number of nitrogens with zero attached hydrogens (tertiary/aromatic N) is 4. The van der Waals surface area contributed by atoms with E-state index in [-0.39, 0.29) is 11.2 Å². The zero-order valence-corrected chi connectivity index (χ0v) is 20.2. The van der Waals surface area contributed by atoms with Crippen molar-refractivity contribution in [3.63, 3.8) is 0 Å². The number of benzene rings is 1. The molecule has 3 N–H and O–H groups in total. The number of aliphatic imine (C=N–C) groups is 3. The zero-order valence-electron chi connectivity index (χ0n) is 20.2. The maximum atomic E-state index is 10.2. The molecule has 9 heteroatoms. The predicted octanol–water partition coefficient (Wildman–Crippen LogP) is 3.36. The standard InChI is InChI=1S/C25H31N6O3/c1-16(14-28-18(3)26-5)33-25(30-19(4)34-20-10-9-13-31(7,32)15-20)23-17(2)29-24-21(23)11-8-12-22(24)27-6/h8-14,27,29,32H,2,5,15H2,1,3-4,6-7H3/q+1. The van der Waals surface area contributed by atoms with Crippen molar-refractivity contribution in [2.45, 2.75) is 20.8 Å². The SMILES string of the molecule is C=NC(C)=NC=C(C)OC(N=C(C)OC1=CC=C[N+](C)(O)C1)=c1c(=C)[nH]c2c(NC)cccc12. The molecule has 1 aromatic carbocycles. The number of anilines is 1. The van der Waals surface area contributed by atoms with Crippen LogP contribution in [0.15, 0.2) is 69.2 Å². The Bertz CT molecular complexity index is 1360. The molecular weight excluding hydrogens is 432 g/mol. The molecule has 0 saturated heterocycles. The molecule has 0 spiro atoms. The van der Waals surface area contributed by atoms with E-state index in [2.05, 4.69) is 38.6 Å². The molecule has 0 radical (unpaired) electrons. The van der Waals surface area contributed by atoms with E-state index in [1.807, 2.05) is 25.2 Å². The minimum Gasteiger partial charge on any atom is -0.441 e. The fraction of sp³-hybridized carbons (Fsp3) is 0.240. The van der Waals surface area contributed by atoms with Gasteiger partial charge < -0.3 is 19.8 Å². The lowest BCUT2D eigenvalue weighted by Gasteiger charge is -2.24. The maximum absolute atomic E-state index is 10.2. The Morgan fingerprint density at radius 3 is 2.74 bits per heavy atom. The van der Waals surface area contributed by atoms with Gasteiger partial charge in [-0.05, 0) is 38.8 Å². The van der Waals surface area contributed by atoms with Gasteiger partial charge in [-0.2, -0.15) is 9.64 Å². The molecule has 1 aliphatic heterocycles. The molecule has 0 aliphatic carbocycles. The Morgan fingerprint density at radius 2 is 2.06 bits per heavy atom. The molecule has 9 nitrogen and oxygen atoms in total. The van der Waals surface area contributed by atoms with Crippen molar-refractivity contribution < 1.29 is 19.3 Å². The Balaban J connectivity index is 2.14. The summed E-state index contributed by atoms with van der Waals surface area (Å²) >= 11 is 0. The molecule has 34 heavy (non-hydrogen) atoms. The van der Waals surface area contributed by atoms with E-state index < -0.39 is 0 Å². The summed E-state index contributed by atoms with van der Waals surface area (Å²) in [6.07, 6.45) is 6.74.